The van der Waals surface area contributed by atoms with Gasteiger partial charge in [-0.15, -0.1) is 0 Å². The molecule has 0 spiro atoms. The zero-order chi connectivity index (χ0) is 16.7. The molecule has 124 valence electrons. The smallest absolute Gasteiger partial charge is 0.242 e. The lowest BCUT2D eigenvalue weighted by molar-refractivity contribution is -0.136. The topological polar surface area (TPSA) is 64.8 Å². The Bertz CT molecular complexity index is 502. The third kappa shape index (κ3) is 5.21. The van der Waals surface area contributed by atoms with Crippen molar-refractivity contribution in [1.29, 1.82) is 0 Å². The Labute approximate surface area is 135 Å². The first-order chi connectivity index (χ1) is 10.4. The zero-order valence-corrected chi connectivity index (χ0v) is 13.8. The highest BCUT2D eigenvalue weighted by Crippen LogP contribution is 2.19. The average molecular weight is 333 g/mol. The van der Waals surface area contributed by atoms with Gasteiger partial charge in [-0.05, 0) is 24.6 Å². The lowest BCUT2D eigenvalue weighted by Gasteiger charge is -2.28. The largest absolute Gasteiger partial charge is 0.383 e. The van der Waals surface area contributed by atoms with E-state index in [0.717, 1.165) is 0 Å². The van der Waals surface area contributed by atoms with Gasteiger partial charge in [0.05, 0.1) is 12.7 Å². The summed E-state index contributed by atoms with van der Waals surface area (Å²) in [5.41, 5.74) is 6.55. The minimum absolute atomic E-state index is 0.228. The Balaban J connectivity index is 2.90. The van der Waals surface area contributed by atoms with E-state index in [-0.39, 0.29) is 17.5 Å². The molecule has 0 aliphatic heterocycles. The number of rotatable bonds is 8. The Kier molecular flexibility index (Phi) is 7.75. The van der Waals surface area contributed by atoms with Gasteiger partial charge in [0.2, 0.25) is 5.91 Å². The number of nitrogens with two attached hydrogens (primary N) is 1. The second-order valence-electron chi connectivity index (χ2n) is 4.95. The molecule has 1 rings (SSSR count). The Morgan fingerprint density at radius 1 is 1.45 bits per heavy atom. The van der Waals surface area contributed by atoms with Gasteiger partial charge in [-0.25, -0.2) is 4.39 Å². The van der Waals surface area contributed by atoms with Gasteiger partial charge in [-0.3, -0.25) is 4.79 Å². The summed E-state index contributed by atoms with van der Waals surface area (Å²) in [6, 6.07) is 3.28. The second kappa shape index (κ2) is 9.05. The molecule has 0 radical (unpaired) electrons. The molecule has 1 amide bonds. The number of carbonyl (C=O) groups is 1. The normalized spacial score (nSPS) is 13.7. The number of hydrogen-bond acceptors (Lipinski definition) is 4. The van der Waals surface area contributed by atoms with E-state index in [1.807, 2.05) is 0 Å². The molecule has 7 heteroatoms. The predicted octanol–water partition coefficient (Wildman–Crippen LogP) is 1.82. The number of nitrogens with zero attached hydrogens (tertiary/aromatic N) is 1. The van der Waals surface area contributed by atoms with Crippen molar-refractivity contribution in [1.82, 2.24) is 4.90 Å². The van der Waals surface area contributed by atoms with Gasteiger partial charge >= 0.3 is 0 Å². The van der Waals surface area contributed by atoms with Crippen molar-refractivity contribution in [2.45, 2.75) is 25.6 Å². The monoisotopic (exact) mass is 332 g/mol. The van der Waals surface area contributed by atoms with E-state index in [1.54, 1.807) is 20.1 Å². The van der Waals surface area contributed by atoms with E-state index in [4.69, 9.17) is 26.8 Å². The number of benzene rings is 1. The minimum Gasteiger partial charge on any atom is -0.383 e. The molecule has 22 heavy (non-hydrogen) atoms. The molecule has 0 fully saturated rings. The number of ether oxygens (including phenoxy) is 2. The first kappa shape index (κ1) is 18.8. The maximum Gasteiger partial charge on any atom is 0.242 e. The molecule has 1 aromatic carbocycles. The van der Waals surface area contributed by atoms with Crippen molar-refractivity contribution in [3.63, 3.8) is 0 Å². The third-order valence-electron chi connectivity index (χ3n) is 3.42. The molecule has 5 nitrogen and oxygen atoms in total. The lowest BCUT2D eigenvalue weighted by atomic mass is 10.1. The highest BCUT2D eigenvalue weighted by molar-refractivity contribution is 6.31. The van der Waals surface area contributed by atoms with Crippen LogP contribution in [0.3, 0.4) is 0 Å². The Hall–Kier alpha value is -1.21. The molecular weight excluding hydrogens is 311 g/mol. The van der Waals surface area contributed by atoms with E-state index in [1.165, 1.54) is 24.1 Å². The van der Waals surface area contributed by atoms with Crippen LogP contribution in [0.15, 0.2) is 18.2 Å². The first-order valence-electron chi connectivity index (χ1n) is 6.90. The van der Waals surface area contributed by atoms with E-state index in [9.17, 15) is 9.18 Å². The van der Waals surface area contributed by atoms with E-state index >= 15 is 0 Å². The fraction of sp³-hybridized carbons (Fsp3) is 0.533. The van der Waals surface area contributed by atoms with Gasteiger partial charge in [-0.2, -0.15) is 0 Å². The summed E-state index contributed by atoms with van der Waals surface area (Å²) in [4.78, 5) is 14.0. The Morgan fingerprint density at radius 3 is 2.68 bits per heavy atom. The van der Waals surface area contributed by atoms with Crippen LogP contribution in [0.5, 0.6) is 0 Å². The summed E-state index contributed by atoms with van der Waals surface area (Å²) in [6.45, 7) is 2.67. The van der Waals surface area contributed by atoms with Crippen LogP contribution in [0.4, 0.5) is 4.39 Å². The first-order valence-corrected chi connectivity index (χ1v) is 7.28. The average Bonchev–Trinajstić information content (AvgIpc) is 2.51. The standard InChI is InChI=1S/C15H22ClFN2O3/c1-10(22-3)14(18)15(20)19(6-7-21-2)9-11-4-5-12(17)8-13(11)16/h4-5,8,10,14H,6-7,9,18H2,1-3H3/t10-,14+/m1/s1. The molecule has 0 aliphatic carbocycles. The summed E-state index contributed by atoms with van der Waals surface area (Å²) in [5.74, 6) is -0.694. The van der Waals surface area contributed by atoms with Crippen molar-refractivity contribution in [2.24, 2.45) is 5.73 Å². The van der Waals surface area contributed by atoms with Crippen LogP contribution in [0.1, 0.15) is 12.5 Å². The highest BCUT2D eigenvalue weighted by atomic mass is 35.5. The molecule has 0 bridgehead atoms. The second-order valence-corrected chi connectivity index (χ2v) is 5.36. The number of amides is 1. The maximum atomic E-state index is 13.1. The van der Waals surface area contributed by atoms with Crippen LogP contribution in [0.25, 0.3) is 0 Å². The highest BCUT2D eigenvalue weighted by Gasteiger charge is 2.26. The summed E-state index contributed by atoms with van der Waals surface area (Å²) in [6.07, 6.45) is -0.416. The fourth-order valence-electron chi connectivity index (χ4n) is 1.88. The van der Waals surface area contributed by atoms with Crippen LogP contribution < -0.4 is 5.73 Å². The quantitative estimate of drug-likeness (QED) is 0.788. The van der Waals surface area contributed by atoms with Gasteiger partial charge in [0.1, 0.15) is 11.9 Å². The van der Waals surface area contributed by atoms with Crippen molar-refractivity contribution in [3.8, 4) is 0 Å². The van der Waals surface area contributed by atoms with Gasteiger partial charge in [0, 0.05) is 32.3 Å². The molecule has 0 aliphatic rings. The molecule has 1 aromatic rings. The van der Waals surface area contributed by atoms with Crippen molar-refractivity contribution in [3.05, 3.63) is 34.6 Å². The van der Waals surface area contributed by atoms with Gasteiger partial charge in [-0.1, -0.05) is 17.7 Å². The van der Waals surface area contributed by atoms with Crippen molar-refractivity contribution in [2.75, 3.05) is 27.4 Å². The van der Waals surface area contributed by atoms with Crippen LogP contribution in [-0.4, -0.2) is 50.3 Å². The van der Waals surface area contributed by atoms with Gasteiger partial charge in [0.25, 0.3) is 0 Å². The molecule has 2 N–H and O–H groups in total. The number of halogens is 2. The molecule has 0 aromatic heterocycles. The van der Waals surface area contributed by atoms with Gasteiger partial charge in [0.15, 0.2) is 0 Å². The summed E-state index contributed by atoms with van der Waals surface area (Å²) < 4.78 is 23.2. The molecule has 0 saturated heterocycles. The molecule has 2 atom stereocenters. The molecule has 0 saturated carbocycles. The van der Waals surface area contributed by atoms with Crippen LogP contribution in [0.2, 0.25) is 5.02 Å². The fourth-order valence-corrected chi connectivity index (χ4v) is 2.11. The molecule has 0 unspecified atom stereocenters. The lowest BCUT2D eigenvalue weighted by Crippen LogP contribution is -2.50. The number of methoxy groups -OCH3 is 2. The maximum absolute atomic E-state index is 13.1. The predicted molar refractivity (Wildman–Crippen MR) is 83.1 cm³/mol. The molecule has 0 heterocycles. The third-order valence-corrected chi connectivity index (χ3v) is 3.77. The van der Waals surface area contributed by atoms with E-state index < -0.39 is 18.0 Å². The van der Waals surface area contributed by atoms with Crippen LogP contribution in [0, 0.1) is 5.82 Å². The SMILES string of the molecule is COCCN(Cc1ccc(F)cc1Cl)C(=O)[C@@H](N)[C@@H](C)OC. The Morgan fingerprint density at radius 2 is 2.14 bits per heavy atom. The van der Waals surface area contributed by atoms with Crippen LogP contribution in [-0.2, 0) is 20.8 Å². The minimum atomic E-state index is -0.791. The van der Waals surface area contributed by atoms with Crippen molar-refractivity contribution < 1.29 is 18.7 Å². The summed E-state index contributed by atoms with van der Waals surface area (Å²) in [7, 11) is 3.04. The van der Waals surface area contributed by atoms with E-state index in [2.05, 4.69) is 0 Å². The summed E-state index contributed by atoms with van der Waals surface area (Å²) >= 11 is 6.02. The number of hydrogen-bond donors (Lipinski definition) is 1. The van der Waals surface area contributed by atoms with Gasteiger partial charge < -0.3 is 20.1 Å². The molecular formula is C15H22ClFN2O3. The van der Waals surface area contributed by atoms with Crippen LogP contribution >= 0.6 is 11.6 Å². The van der Waals surface area contributed by atoms with Crippen molar-refractivity contribution >= 4 is 17.5 Å². The zero-order valence-electron chi connectivity index (χ0n) is 13.0. The summed E-state index contributed by atoms with van der Waals surface area (Å²) in [5, 5.41) is 0.267. The number of carbonyl (C=O) groups excluding carboxylic acids is 1. The van der Waals surface area contributed by atoms with E-state index in [0.29, 0.717) is 18.7 Å².